The van der Waals surface area contributed by atoms with Gasteiger partial charge in [0, 0.05) is 26.8 Å². The number of pyridine rings is 1. The number of anilines is 2. The van der Waals surface area contributed by atoms with Gasteiger partial charge in [-0.2, -0.15) is 0 Å². The maximum Gasteiger partial charge on any atom is 0.239 e. The molecule has 4 nitrogen and oxygen atoms in total. The number of rotatable bonds is 5. The number of ether oxygens (including phenoxy) is 1. The number of nitrogens with zero attached hydrogens (tertiary/aromatic N) is 2. The summed E-state index contributed by atoms with van der Waals surface area (Å²) < 4.78 is 18.9. The SMILES string of the molecule is COc1nccc(N(C)C)c1NCc1ccc(C)c(F)c1. The van der Waals surface area contributed by atoms with E-state index in [1.165, 1.54) is 0 Å². The molecule has 0 unspecified atom stereocenters. The molecule has 0 radical (unpaired) electrons. The number of hydrogen-bond donors (Lipinski definition) is 1. The molecule has 0 amide bonds. The van der Waals surface area contributed by atoms with E-state index in [9.17, 15) is 4.39 Å². The third kappa shape index (κ3) is 3.42. The van der Waals surface area contributed by atoms with Crippen LogP contribution in [0.15, 0.2) is 30.5 Å². The van der Waals surface area contributed by atoms with Gasteiger partial charge >= 0.3 is 0 Å². The van der Waals surface area contributed by atoms with E-state index in [0.29, 0.717) is 18.0 Å². The Morgan fingerprint density at radius 3 is 2.67 bits per heavy atom. The third-order valence-electron chi connectivity index (χ3n) is 3.27. The van der Waals surface area contributed by atoms with E-state index in [-0.39, 0.29) is 5.82 Å². The molecule has 21 heavy (non-hydrogen) atoms. The number of aromatic nitrogens is 1. The summed E-state index contributed by atoms with van der Waals surface area (Å²) in [6, 6.07) is 7.13. The van der Waals surface area contributed by atoms with E-state index in [4.69, 9.17) is 4.74 Å². The third-order valence-corrected chi connectivity index (χ3v) is 3.27. The van der Waals surface area contributed by atoms with Gasteiger partial charge in [0.15, 0.2) is 0 Å². The number of hydrogen-bond acceptors (Lipinski definition) is 4. The molecule has 2 aromatic rings. The number of nitrogens with one attached hydrogen (secondary N) is 1. The highest BCUT2D eigenvalue weighted by Gasteiger charge is 2.12. The molecule has 0 aliphatic carbocycles. The molecule has 0 aliphatic heterocycles. The molecule has 112 valence electrons. The molecule has 0 saturated heterocycles. The van der Waals surface area contributed by atoms with Gasteiger partial charge < -0.3 is 15.0 Å². The average molecular weight is 289 g/mol. The van der Waals surface area contributed by atoms with Crippen LogP contribution < -0.4 is 15.0 Å². The van der Waals surface area contributed by atoms with Crippen LogP contribution in [0.3, 0.4) is 0 Å². The Morgan fingerprint density at radius 2 is 2.05 bits per heavy atom. The van der Waals surface area contributed by atoms with Crippen molar-refractivity contribution >= 4 is 11.4 Å². The molecule has 0 fully saturated rings. The first-order valence-electron chi connectivity index (χ1n) is 6.72. The van der Waals surface area contributed by atoms with Crippen molar-refractivity contribution in [3.63, 3.8) is 0 Å². The van der Waals surface area contributed by atoms with Gasteiger partial charge in [0.2, 0.25) is 5.88 Å². The van der Waals surface area contributed by atoms with Crippen LogP contribution in [-0.2, 0) is 6.54 Å². The Balaban J connectivity index is 2.24. The van der Waals surface area contributed by atoms with Crippen molar-refractivity contribution < 1.29 is 9.13 Å². The van der Waals surface area contributed by atoms with Gasteiger partial charge in [-0.15, -0.1) is 0 Å². The maximum atomic E-state index is 13.6. The van der Waals surface area contributed by atoms with Crippen LogP contribution in [0.4, 0.5) is 15.8 Å². The van der Waals surface area contributed by atoms with Crippen LogP contribution in [-0.4, -0.2) is 26.2 Å². The zero-order chi connectivity index (χ0) is 15.4. The summed E-state index contributed by atoms with van der Waals surface area (Å²) in [7, 11) is 5.48. The first-order chi connectivity index (χ1) is 10.0. The minimum atomic E-state index is -0.194. The summed E-state index contributed by atoms with van der Waals surface area (Å²) in [5.74, 6) is 0.328. The Hall–Kier alpha value is -2.30. The van der Waals surface area contributed by atoms with Crippen LogP contribution in [0.25, 0.3) is 0 Å². The molecular weight excluding hydrogens is 269 g/mol. The minimum absolute atomic E-state index is 0.194. The van der Waals surface area contributed by atoms with Gasteiger partial charge in [-0.1, -0.05) is 12.1 Å². The van der Waals surface area contributed by atoms with E-state index in [0.717, 1.165) is 16.9 Å². The first-order valence-corrected chi connectivity index (χ1v) is 6.72. The summed E-state index contributed by atoms with van der Waals surface area (Å²) in [6.45, 7) is 2.25. The highest BCUT2D eigenvalue weighted by Crippen LogP contribution is 2.32. The standard InChI is InChI=1S/C16H20FN3O/c1-11-5-6-12(9-13(11)17)10-19-15-14(20(2)3)7-8-18-16(15)21-4/h5-9,19H,10H2,1-4H3. The molecule has 0 bridgehead atoms. The molecule has 1 N–H and O–H groups in total. The molecule has 1 aromatic heterocycles. The minimum Gasteiger partial charge on any atom is -0.479 e. The Bertz CT molecular complexity index is 629. The molecule has 1 heterocycles. The average Bonchev–Trinajstić information content (AvgIpc) is 2.48. The summed E-state index contributed by atoms with van der Waals surface area (Å²) in [6.07, 6.45) is 1.70. The lowest BCUT2D eigenvalue weighted by Gasteiger charge is -2.20. The van der Waals surface area contributed by atoms with Crippen molar-refractivity contribution in [2.45, 2.75) is 13.5 Å². The van der Waals surface area contributed by atoms with Crippen LogP contribution in [0.1, 0.15) is 11.1 Å². The fraction of sp³-hybridized carbons (Fsp3) is 0.312. The fourth-order valence-corrected chi connectivity index (χ4v) is 2.06. The van der Waals surface area contributed by atoms with E-state index in [2.05, 4.69) is 10.3 Å². The summed E-state index contributed by atoms with van der Waals surface area (Å²) in [4.78, 5) is 6.17. The fourth-order valence-electron chi connectivity index (χ4n) is 2.06. The molecular formula is C16H20FN3O. The molecule has 5 heteroatoms. The highest BCUT2D eigenvalue weighted by molar-refractivity contribution is 5.74. The van der Waals surface area contributed by atoms with E-state index in [1.807, 2.05) is 31.1 Å². The van der Waals surface area contributed by atoms with Gasteiger partial charge in [0.1, 0.15) is 11.5 Å². The van der Waals surface area contributed by atoms with Crippen LogP contribution in [0, 0.1) is 12.7 Å². The lowest BCUT2D eigenvalue weighted by atomic mass is 10.1. The van der Waals surface area contributed by atoms with Gasteiger partial charge in [0.25, 0.3) is 0 Å². The van der Waals surface area contributed by atoms with Gasteiger partial charge in [-0.3, -0.25) is 0 Å². The highest BCUT2D eigenvalue weighted by atomic mass is 19.1. The van der Waals surface area contributed by atoms with E-state index < -0.39 is 0 Å². The molecule has 0 spiro atoms. The number of aryl methyl sites for hydroxylation is 1. The zero-order valence-electron chi connectivity index (χ0n) is 12.8. The van der Waals surface area contributed by atoms with Gasteiger partial charge in [-0.05, 0) is 30.2 Å². The number of halogens is 1. The van der Waals surface area contributed by atoms with Crippen molar-refractivity contribution in [3.8, 4) is 5.88 Å². The second kappa shape index (κ2) is 6.43. The lowest BCUT2D eigenvalue weighted by Crippen LogP contribution is -2.13. The Morgan fingerprint density at radius 1 is 1.29 bits per heavy atom. The topological polar surface area (TPSA) is 37.4 Å². The summed E-state index contributed by atoms with van der Waals surface area (Å²) >= 11 is 0. The molecule has 0 aliphatic rings. The zero-order valence-corrected chi connectivity index (χ0v) is 12.8. The molecule has 0 atom stereocenters. The predicted molar refractivity (Wildman–Crippen MR) is 83.6 cm³/mol. The second-order valence-corrected chi connectivity index (χ2v) is 5.05. The first kappa shape index (κ1) is 15.1. The Labute approximate surface area is 124 Å². The van der Waals surface area contributed by atoms with Crippen molar-refractivity contribution in [2.24, 2.45) is 0 Å². The van der Waals surface area contributed by atoms with Crippen molar-refractivity contribution in [1.82, 2.24) is 4.98 Å². The van der Waals surface area contributed by atoms with Gasteiger partial charge in [-0.25, -0.2) is 9.37 Å². The lowest BCUT2D eigenvalue weighted by molar-refractivity contribution is 0.400. The van der Waals surface area contributed by atoms with Crippen LogP contribution in [0.2, 0.25) is 0 Å². The molecule has 0 saturated carbocycles. The van der Waals surface area contributed by atoms with Crippen LogP contribution >= 0.6 is 0 Å². The quantitative estimate of drug-likeness (QED) is 0.917. The van der Waals surface area contributed by atoms with E-state index >= 15 is 0 Å². The van der Waals surface area contributed by atoms with E-state index in [1.54, 1.807) is 32.4 Å². The van der Waals surface area contributed by atoms with Crippen LogP contribution in [0.5, 0.6) is 5.88 Å². The van der Waals surface area contributed by atoms with Crippen molar-refractivity contribution in [1.29, 1.82) is 0 Å². The van der Waals surface area contributed by atoms with Gasteiger partial charge in [0.05, 0.1) is 12.8 Å². The molecule has 2 rings (SSSR count). The largest absolute Gasteiger partial charge is 0.479 e. The Kier molecular flexibility index (Phi) is 4.62. The monoisotopic (exact) mass is 289 g/mol. The molecule has 1 aromatic carbocycles. The second-order valence-electron chi connectivity index (χ2n) is 5.05. The van der Waals surface area contributed by atoms with Crippen molar-refractivity contribution in [2.75, 3.05) is 31.4 Å². The maximum absolute atomic E-state index is 13.6. The number of benzene rings is 1. The summed E-state index contributed by atoms with van der Waals surface area (Å²) in [5, 5.41) is 3.28. The number of methoxy groups -OCH3 is 1. The summed E-state index contributed by atoms with van der Waals surface area (Å²) in [5.41, 5.74) is 3.28. The van der Waals surface area contributed by atoms with Crippen molar-refractivity contribution in [3.05, 3.63) is 47.4 Å². The predicted octanol–water partition coefficient (Wildman–Crippen LogP) is 3.22. The normalized spacial score (nSPS) is 10.3. The smallest absolute Gasteiger partial charge is 0.239 e.